The molecule has 0 radical (unpaired) electrons. The van der Waals surface area contributed by atoms with Crippen LogP contribution in [0.25, 0.3) is 61.1 Å². The van der Waals surface area contributed by atoms with Crippen LogP contribution in [0.3, 0.4) is 0 Å². The molecule has 0 saturated carbocycles. The second kappa shape index (κ2) is 18.3. The van der Waals surface area contributed by atoms with Crippen molar-refractivity contribution in [1.29, 1.82) is 0 Å². The Kier molecular flexibility index (Phi) is 11.0. The highest BCUT2D eigenvalue weighted by Crippen LogP contribution is 2.55. The average molecular weight is 990 g/mol. The van der Waals surface area contributed by atoms with Gasteiger partial charge in [0.05, 0.1) is 5.52 Å². The maximum absolute atomic E-state index is 2.50. The lowest BCUT2D eigenvalue weighted by atomic mass is 9.74. The first-order chi connectivity index (χ1) is 37.7. The quantitative estimate of drug-likeness (QED) is 0.135. The maximum atomic E-state index is 2.50. The molecule has 11 aromatic rings. The molecule has 3 heteroatoms. The largest absolute Gasteiger partial charge is 0.317 e. The molecule has 77 heavy (non-hydrogen) atoms. The summed E-state index contributed by atoms with van der Waals surface area (Å²) in [5, 5.41) is 1.19. The fraction of sp³-hybridized carbons (Fsp3) is 0.108. The van der Waals surface area contributed by atoms with Crippen molar-refractivity contribution in [1.82, 2.24) is 4.57 Å². The van der Waals surface area contributed by atoms with Gasteiger partial charge < -0.3 is 14.4 Å². The van der Waals surface area contributed by atoms with Crippen LogP contribution in [0.5, 0.6) is 0 Å². The first-order valence-corrected chi connectivity index (χ1v) is 27.1. The minimum atomic E-state index is -0.184. The van der Waals surface area contributed by atoms with E-state index in [0.29, 0.717) is 11.8 Å². The number of benzene rings is 10. The van der Waals surface area contributed by atoms with E-state index in [9.17, 15) is 0 Å². The Morgan fingerprint density at radius 3 is 1.53 bits per heavy atom. The molecule has 1 aromatic heterocycles. The Morgan fingerprint density at radius 1 is 0.364 bits per heavy atom. The minimum Gasteiger partial charge on any atom is -0.317 e. The molecular weight excluding hydrogens is 931 g/mol. The number of para-hydroxylation sites is 1. The smallest absolute Gasteiger partial charge is 0.0528 e. The van der Waals surface area contributed by atoms with Crippen LogP contribution in [0.4, 0.5) is 34.1 Å². The monoisotopic (exact) mass is 989 g/mol. The van der Waals surface area contributed by atoms with Gasteiger partial charge in [0.25, 0.3) is 0 Å². The van der Waals surface area contributed by atoms with E-state index in [1.807, 2.05) is 0 Å². The Hall–Kier alpha value is -9.18. The van der Waals surface area contributed by atoms with Gasteiger partial charge in [0.1, 0.15) is 0 Å². The Balaban J connectivity index is 1.00. The zero-order valence-electron chi connectivity index (χ0n) is 44.0. The third kappa shape index (κ3) is 7.87. The molecule has 14 rings (SSSR count). The lowest BCUT2D eigenvalue weighted by Gasteiger charge is -2.32. The van der Waals surface area contributed by atoms with Crippen molar-refractivity contribution in [3.8, 4) is 50.2 Å². The molecule has 0 saturated heterocycles. The standard InChI is InChI=1S/C74H59N3/c1-73(2)68-26-16-14-24-64(68)66-39-37-60(48-70(66)73)76(58-33-28-52(29-34-58)50-18-8-5-9-19-50)62-45-56(54-32-41-72-55(44-54)42-43-75(72)57-22-12-7-13-23-57)46-63(47-62)77(59-35-30-53(31-36-59)51-20-10-6-11-21-51)61-38-40-67-65-25-15-17-27-69(65)74(3,4)71(67)49-61/h5-49,64,68H,1-4H3. The second-order valence-electron chi connectivity index (χ2n) is 22.2. The molecule has 0 fully saturated rings. The number of aromatic nitrogens is 1. The van der Waals surface area contributed by atoms with Gasteiger partial charge in [-0.3, -0.25) is 0 Å². The van der Waals surface area contributed by atoms with Crippen molar-refractivity contribution in [2.24, 2.45) is 5.92 Å². The van der Waals surface area contributed by atoms with Crippen molar-refractivity contribution in [2.45, 2.75) is 44.4 Å². The lowest BCUT2D eigenvalue weighted by molar-refractivity contribution is 0.394. The van der Waals surface area contributed by atoms with Crippen molar-refractivity contribution >= 4 is 45.0 Å². The summed E-state index contributed by atoms with van der Waals surface area (Å²) in [7, 11) is 0. The molecule has 0 bridgehead atoms. The lowest BCUT2D eigenvalue weighted by Crippen LogP contribution is -2.24. The summed E-state index contributed by atoms with van der Waals surface area (Å²) in [5.41, 5.74) is 23.8. The molecule has 370 valence electrons. The molecule has 3 nitrogen and oxygen atoms in total. The summed E-state index contributed by atoms with van der Waals surface area (Å²) >= 11 is 0. The summed E-state index contributed by atoms with van der Waals surface area (Å²) in [6, 6.07) is 90.1. The Labute approximate surface area is 453 Å². The van der Waals surface area contributed by atoms with Crippen LogP contribution >= 0.6 is 0 Å². The fourth-order valence-corrected chi connectivity index (χ4v) is 13.1. The number of allylic oxidation sites excluding steroid dienone is 4. The predicted octanol–water partition coefficient (Wildman–Crippen LogP) is 20.0. The van der Waals surface area contributed by atoms with E-state index in [-0.39, 0.29) is 10.8 Å². The van der Waals surface area contributed by atoms with Crippen molar-refractivity contribution < 1.29 is 0 Å². The van der Waals surface area contributed by atoms with Gasteiger partial charge in [0.15, 0.2) is 0 Å². The van der Waals surface area contributed by atoms with Crippen LogP contribution in [0.15, 0.2) is 273 Å². The van der Waals surface area contributed by atoms with Gasteiger partial charge in [-0.25, -0.2) is 0 Å². The molecule has 10 aromatic carbocycles. The number of fused-ring (bicyclic) bond motifs is 7. The number of hydrogen-bond acceptors (Lipinski definition) is 2. The fourth-order valence-electron chi connectivity index (χ4n) is 13.1. The van der Waals surface area contributed by atoms with Gasteiger partial charge in [-0.1, -0.05) is 198 Å². The van der Waals surface area contributed by atoms with Gasteiger partial charge in [-0.15, -0.1) is 0 Å². The molecule has 3 aliphatic carbocycles. The second-order valence-corrected chi connectivity index (χ2v) is 22.2. The zero-order chi connectivity index (χ0) is 51.8. The molecule has 2 atom stereocenters. The van der Waals surface area contributed by atoms with Gasteiger partial charge >= 0.3 is 0 Å². The SMILES string of the molecule is CC1(C)c2ccccc2-c2ccc(N(c3ccc(-c4ccccc4)cc3)c3cc(-c4ccc5c(ccn5-c5ccccc5)c4)cc(N(c4ccc(-c5ccccc5)cc4)c4ccc5c(c4)C(C)(C)C4C=CC=CC54)c3)cc21. The number of rotatable bonds is 10. The van der Waals surface area contributed by atoms with Crippen LogP contribution in [0, 0.1) is 5.92 Å². The molecule has 3 aliphatic rings. The summed E-state index contributed by atoms with van der Waals surface area (Å²) in [6.45, 7) is 9.61. The maximum Gasteiger partial charge on any atom is 0.0528 e. The molecular formula is C74H59N3. The highest BCUT2D eigenvalue weighted by atomic mass is 15.2. The van der Waals surface area contributed by atoms with Crippen LogP contribution in [-0.4, -0.2) is 4.57 Å². The Morgan fingerprint density at radius 2 is 0.883 bits per heavy atom. The first kappa shape index (κ1) is 46.4. The van der Waals surface area contributed by atoms with E-state index in [0.717, 1.165) is 50.9 Å². The van der Waals surface area contributed by atoms with Crippen molar-refractivity contribution in [3.63, 3.8) is 0 Å². The summed E-state index contributed by atoms with van der Waals surface area (Å²) < 4.78 is 2.29. The van der Waals surface area contributed by atoms with Crippen LogP contribution in [0.1, 0.15) is 55.9 Å². The van der Waals surface area contributed by atoms with Gasteiger partial charge in [-0.05, 0) is 175 Å². The van der Waals surface area contributed by atoms with E-state index in [2.05, 4.69) is 315 Å². The normalized spacial score (nSPS) is 16.2. The summed E-state index contributed by atoms with van der Waals surface area (Å²) in [4.78, 5) is 4.98. The molecule has 1 heterocycles. The van der Waals surface area contributed by atoms with Crippen LogP contribution in [0.2, 0.25) is 0 Å². The number of anilines is 6. The van der Waals surface area contributed by atoms with Gasteiger partial charge in [0.2, 0.25) is 0 Å². The van der Waals surface area contributed by atoms with Crippen molar-refractivity contribution in [3.05, 3.63) is 295 Å². The molecule has 0 aliphatic heterocycles. The van der Waals surface area contributed by atoms with E-state index in [4.69, 9.17) is 0 Å². The third-order valence-electron chi connectivity index (χ3n) is 17.1. The van der Waals surface area contributed by atoms with Gasteiger partial charge in [0, 0.05) is 62.7 Å². The van der Waals surface area contributed by atoms with E-state index in [1.165, 1.54) is 66.5 Å². The first-order valence-electron chi connectivity index (χ1n) is 27.1. The van der Waals surface area contributed by atoms with E-state index >= 15 is 0 Å². The van der Waals surface area contributed by atoms with Gasteiger partial charge in [-0.2, -0.15) is 0 Å². The van der Waals surface area contributed by atoms with Crippen LogP contribution in [-0.2, 0) is 10.8 Å². The molecule has 2 unspecified atom stereocenters. The van der Waals surface area contributed by atoms with E-state index < -0.39 is 0 Å². The zero-order valence-corrected chi connectivity index (χ0v) is 44.0. The topological polar surface area (TPSA) is 11.4 Å². The highest BCUT2D eigenvalue weighted by Gasteiger charge is 2.45. The Bertz CT molecular complexity index is 4090. The summed E-state index contributed by atoms with van der Waals surface area (Å²) in [6.07, 6.45) is 11.5. The number of hydrogen-bond donors (Lipinski definition) is 0. The highest BCUT2D eigenvalue weighted by molar-refractivity contribution is 5.93. The third-order valence-corrected chi connectivity index (χ3v) is 17.1. The molecule has 0 spiro atoms. The predicted molar refractivity (Wildman–Crippen MR) is 324 cm³/mol. The number of nitrogens with zero attached hydrogens (tertiary/aromatic N) is 3. The molecule has 0 N–H and O–H groups in total. The van der Waals surface area contributed by atoms with Crippen LogP contribution < -0.4 is 9.80 Å². The van der Waals surface area contributed by atoms with Crippen molar-refractivity contribution in [2.75, 3.05) is 9.80 Å². The average Bonchev–Trinajstić information content (AvgIpc) is 4.10. The van der Waals surface area contributed by atoms with E-state index in [1.54, 1.807) is 0 Å². The minimum absolute atomic E-state index is 0.0671. The summed E-state index contributed by atoms with van der Waals surface area (Å²) in [5.74, 6) is 0.746. The molecule has 0 amide bonds.